The lowest BCUT2D eigenvalue weighted by atomic mass is 9.97. The van der Waals surface area contributed by atoms with Gasteiger partial charge in [0.1, 0.15) is 5.84 Å². The summed E-state index contributed by atoms with van der Waals surface area (Å²) in [5, 5.41) is 15.8. The van der Waals surface area contributed by atoms with Crippen LogP contribution in [0.4, 0.5) is 0 Å². The van der Waals surface area contributed by atoms with Crippen LogP contribution in [0.15, 0.2) is 35.5 Å². The van der Waals surface area contributed by atoms with E-state index in [1.54, 1.807) is 0 Å². The molecular formula is C16H25N3O. The predicted octanol–water partition coefficient (Wildman–Crippen LogP) is 2.68. The maximum absolute atomic E-state index is 8.98. The highest BCUT2D eigenvalue weighted by molar-refractivity contribution is 5.87. The van der Waals surface area contributed by atoms with Crippen molar-refractivity contribution >= 4 is 5.84 Å². The molecule has 0 amide bonds. The third-order valence-corrected chi connectivity index (χ3v) is 4.09. The van der Waals surface area contributed by atoms with Gasteiger partial charge in [0, 0.05) is 12.6 Å². The molecule has 0 aromatic heterocycles. The van der Waals surface area contributed by atoms with Crippen LogP contribution in [0.1, 0.15) is 44.1 Å². The highest BCUT2D eigenvalue weighted by Gasteiger charge is 2.25. The lowest BCUT2D eigenvalue weighted by Crippen LogP contribution is -2.37. The Labute approximate surface area is 121 Å². The number of hydrogen-bond acceptors (Lipinski definition) is 3. The minimum atomic E-state index is -0.0746. The Morgan fingerprint density at radius 1 is 1.40 bits per heavy atom. The van der Waals surface area contributed by atoms with Gasteiger partial charge in [0.25, 0.3) is 0 Å². The molecular weight excluding hydrogens is 250 g/mol. The van der Waals surface area contributed by atoms with Crippen LogP contribution in [0.5, 0.6) is 0 Å². The molecule has 0 spiro atoms. The van der Waals surface area contributed by atoms with Gasteiger partial charge in [0.15, 0.2) is 0 Å². The van der Waals surface area contributed by atoms with E-state index in [2.05, 4.69) is 17.4 Å². The third-order valence-electron chi connectivity index (χ3n) is 4.09. The molecule has 4 heteroatoms. The summed E-state index contributed by atoms with van der Waals surface area (Å²) in [6.45, 7) is 2.92. The van der Waals surface area contributed by atoms with E-state index in [9.17, 15) is 0 Å². The largest absolute Gasteiger partial charge is 0.409 e. The third kappa shape index (κ3) is 4.23. The standard InChI is InChI=1S/C16H25N3O/c1-2-14(10-12-8-9-12)18-11-15(16(17)19-20)13-6-4-3-5-7-13/h3-7,12,14-15,18,20H,2,8-11H2,1H3,(H2,17,19). The number of nitrogens with one attached hydrogen (secondary N) is 1. The quantitative estimate of drug-likeness (QED) is 0.296. The Kier molecular flexibility index (Phi) is 5.41. The first-order chi connectivity index (χ1) is 9.74. The van der Waals surface area contributed by atoms with E-state index in [1.165, 1.54) is 19.3 Å². The van der Waals surface area contributed by atoms with Crippen molar-refractivity contribution in [2.45, 2.75) is 44.6 Å². The molecule has 2 rings (SSSR count). The van der Waals surface area contributed by atoms with Crippen molar-refractivity contribution in [1.82, 2.24) is 5.32 Å². The van der Waals surface area contributed by atoms with Crippen LogP contribution in [-0.4, -0.2) is 23.6 Å². The Morgan fingerprint density at radius 2 is 2.10 bits per heavy atom. The summed E-state index contributed by atoms with van der Waals surface area (Å²) in [6.07, 6.45) is 5.11. The average molecular weight is 275 g/mol. The molecule has 0 bridgehead atoms. The van der Waals surface area contributed by atoms with Crippen LogP contribution in [0.2, 0.25) is 0 Å². The maximum atomic E-state index is 8.98. The molecule has 1 aliphatic carbocycles. The van der Waals surface area contributed by atoms with Gasteiger partial charge in [-0.2, -0.15) is 0 Å². The second-order valence-electron chi connectivity index (χ2n) is 5.68. The van der Waals surface area contributed by atoms with E-state index in [1.807, 2.05) is 30.3 Å². The molecule has 1 aliphatic rings. The number of rotatable bonds is 8. The Bertz CT molecular complexity index is 429. The summed E-state index contributed by atoms with van der Waals surface area (Å²) in [5.41, 5.74) is 6.93. The zero-order chi connectivity index (χ0) is 14.4. The summed E-state index contributed by atoms with van der Waals surface area (Å²) >= 11 is 0. The van der Waals surface area contributed by atoms with Crippen LogP contribution in [-0.2, 0) is 0 Å². The van der Waals surface area contributed by atoms with Gasteiger partial charge in [0.05, 0.1) is 5.92 Å². The smallest absolute Gasteiger partial charge is 0.147 e. The minimum Gasteiger partial charge on any atom is -0.409 e. The lowest BCUT2D eigenvalue weighted by Gasteiger charge is -2.22. The molecule has 1 saturated carbocycles. The lowest BCUT2D eigenvalue weighted by molar-refractivity contribution is 0.315. The molecule has 1 aromatic carbocycles. The van der Waals surface area contributed by atoms with Crippen LogP contribution in [0.3, 0.4) is 0 Å². The monoisotopic (exact) mass is 275 g/mol. The molecule has 0 aliphatic heterocycles. The minimum absolute atomic E-state index is 0.0746. The van der Waals surface area contributed by atoms with Crippen molar-refractivity contribution in [1.29, 1.82) is 0 Å². The topological polar surface area (TPSA) is 70.6 Å². The molecule has 20 heavy (non-hydrogen) atoms. The van der Waals surface area contributed by atoms with Crippen LogP contribution >= 0.6 is 0 Å². The normalized spacial score (nSPS) is 18.8. The van der Waals surface area contributed by atoms with Gasteiger partial charge in [-0.3, -0.25) is 0 Å². The van der Waals surface area contributed by atoms with Crippen molar-refractivity contribution in [3.05, 3.63) is 35.9 Å². The first-order valence-electron chi connectivity index (χ1n) is 7.50. The molecule has 1 aromatic rings. The van der Waals surface area contributed by atoms with Crippen molar-refractivity contribution in [3.63, 3.8) is 0 Å². The molecule has 1 fully saturated rings. The van der Waals surface area contributed by atoms with Gasteiger partial charge < -0.3 is 16.3 Å². The van der Waals surface area contributed by atoms with Gasteiger partial charge in [-0.15, -0.1) is 0 Å². The van der Waals surface area contributed by atoms with Crippen molar-refractivity contribution in [2.75, 3.05) is 6.54 Å². The van der Waals surface area contributed by atoms with Gasteiger partial charge >= 0.3 is 0 Å². The molecule has 4 nitrogen and oxygen atoms in total. The second kappa shape index (κ2) is 7.29. The second-order valence-corrected chi connectivity index (χ2v) is 5.68. The van der Waals surface area contributed by atoms with Crippen molar-refractivity contribution < 1.29 is 5.21 Å². The van der Waals surface area contributed by atoms with Crippen LogP contribution in [0, 0.1) is 5.92 Å². The first kappa shape index (κ1) is 14.9. The number of nitrogens with zero attached hydrogens (tertiary/aromatic N) is 1. The maximum Gasteiger partial charge on any atom is 0.147 e. The van der Waals surface area contributed by atoms with Crippen molar-refractivity contribution in [2.24, 2.45) is 16.8 Å². The summed E-state index contributed by atoms with van der Waals surface area (Å²) in [7, 11) is 0. The molecule has 2 unspecified atom stereocenters. The van der Waals surface area contributed by atoms with E-state index >= 15 is 0 Å². The Balaban J connectivity index is 1.96. The fourth-order valence-electron chi connectivity index (χ4n) is 2.58. The number of oxime groups is 1. The van der Waals surface area contributed by atoms with E-state index < -0.39 is 0 Å². The SMILES string of the molecule is CCC(CC1CC1)NCC(C(N)=NO)c1ccccc1. The number of nitrogens with two attached hydrogens (primary N) is 1. The summed E-state index contributed by atoms with van der Waals surface area (Å²) in [5.74, 6) is 1.10. The molecule has 0 saturated heterocycles. The number of amidine groups is 1. The highest BCUT2D eigenvalue weighted by Crippen LogP contribution is 2.34. The summed E-state index contributed by atoms with van der Waals surface area (Å²) in [6, 6.07) is 10.5. The average Bonchev–Trinajstić information content (AvgIpc) is 3.31. The molecule has 110 valence electrons. The molecule has 2 atom stereocenters. The molecule has 4 N–H and O–H groups in total. The van der Waals surface area contributed by atoms with Gasteiger partial charge in [-0.05, 0) is 24.3 Å². The first-order valence-corrected chi connectivity index (χ1v) is 7.50. The summed E-state index contributed by atoms with van der Waals surface area (Å²) in [4.78, 5) is 0. The van der Waals surface area contributed by atoms with Gasteiger partial charge in [-0.25, -0.2) is 0 Å². The van der Waals surface area contributed by atoms with Gasteiger partial charge in [0.2, 0.25) is 0 Å². The zero-order valence-electron chi connectivity index (χ0n) is 12.1. The zero-order valence-corrected chi connectivity index (χ0v) is 12.1. The van der Waals surface area contributed by atoms with Crippen molar-refractivity contribution in [3.8, 4) is 0 Å². The molecule has 0 radical (unpaired) electrons. The predicted molar refractivity (Wildman–Crippen MR) is 82.0 cm³/mol. The highest BCUT2D eigenvalue weighted by atomic mass is 16.4. The fourth-order valence-corrected chi connectivity index (χ4v) is 2.58. The van der Waals surface area contributed by atoms with Crippen LogP contribution in [0.25, 0.3) is 0 Å². The van der Waals surface area contributed by atoms with E-state index in [-0.39, 0.29) is 11.8 Å². The number of benzene rings is 1. The number of hydrogen-bond donors (Lipinski definition) is 3. The molecule has 0 heterocycles. The summed E-state index contributed by atoms with van der Waals surface area (Å²) < 4.78 is 0. The Morgan fingerprint density at radius 3 is 2.65 bits per heavy atom. The van der Waals surface area contributed by atoms with Crippen LogP contribution < -0.4 is 11.1 Å². The van der Waals surface area contributed by atoms with E-state index in [0.717, 1.165) is 17.9 Å². The fraction of sp³-hybridized carbons (Fsp3) is 0.562. The van der Waals surface area contributed by atoms with E-state index in [0.29, 0.717) is 12.6 Å². The van der Waals surface area contributed by atoms with Gasteiger partial charge in [-0.1, -0.05) is 55.3 Å². The van der Waals surface area contributed by atoms with E-state index in [4.69, 9.17) is 10.9 Å². The Hall–Kier alpha value is -1.55.